The highest BCUT2D eigenvalue weighted by atomic mass is 16.5. The van der Waals surface area contributed by atoms with Gasteiger partial charge in [-0.05, 0) is 31.4 Å². The quantitative estimate of drug-likeness (QED) is 0.567. The van der Waals surface area contributed by atoms with Gasteiger partial charge in [0.15, 0.2) is 5.96 Å². The molecule has 7 heteroatoms. The molecule has 1 aliphatic rings. The van der Waals surface area contributed by atoms with Crippen molar-refractivity contribution in [3.8, 4) is 0 Å². The van der Waals surface area contributed by atoms with E-state index < -0.39 is 0 Å². The van der Waals surface area contributed by atoms with Gasteiger partial charge >= 0.3 is 0 Å². The number of rotatable bonds is 7. The van der Waals surface area contributed by atoms with E-state index in [1.807, 2.05) is 36.9 Å². The third-order valence-electron chi connectivity index (χ3n) is 4.94. The Morgan fingerprint density at radius 1 is 1.21 bits per heavy atom. The van der Waals surface area contributed by atoms with Gasteiger partial charge in [0.05, 0.1) is 18.8 Å². The molecule has 2 heterocycles. The lowest BCUT2D eigenvalue weighted by atomic mass is 10.1. The van der Waals surface area contributed by atoms with Gasteiger partial charge in [-0.1, -0.05) is 37.2 Å². The largest absolute Gasteiger partial charge is 0.361 e. The number of carbonyl (C=O) groups is 1. The monoisotopic (exact) mass is 383 g/mol. The normalized spacial score (nSPS) is 13.5. The minimum absolute atomic E-state index is 0.0454. The van der Waals surface area contributed by atoms with Gasteiger partial charge in [0.2, 0.25) is 5.91 Å². The van der Waals surface area contributed by atoms with Crippen LogP contribution in [0.3, 0.4) is 0 Å². The molecule has 0 saturated heterocycles. The van der Waals surface area contributed by atoms with Crippen molar-refractivity contribution in [3.05, 3.63) is 46.8 Å². The average molecular weight is 383 g/mol. The second-order valence-corrected chi connectivity index (χ2v) is 6.71. The number of anilines is 1. The standard InChI is InChI=1S/C21H29N5O2/c1-4-17-16(19(5-2)28-25-17)13-23-21(22-6-3)24-14-20(27)26-12-11-15-9-7-8-10-18(15)26/h7-10H,4-6,11-14H2,1-3H3,(H2,22,23,24). The van der Waals surface area contributed by atoms with Crippen molar-refractivity contribution in [2.45, 2.75) is 46.6 Å². The van der Waals surface area contributed by atoms with Gasteiger partial charge < -0.3 is 20.1 Å². The zero-order valence-electron chi connectivity index (χ0n) is 16.9. The predicted octanol–water partition coefficient (Wildman–Crippen LogP) is 2.44. The zero-order valence-corrected chi connectivity index (χ0v) is 16.9. The first-order valence-electron chi connectivity index (χ1n) is 10.0. The summed E-state index contributed by atoms with van der Waals surface area (Å²) in [5.41, 5.74) is 4.23. The Morgan fingerprint density at radius 3 is 2.79 bits per heavy atom. The van der Waals surface area contributed by atoms with Gasteiger partial charge in [0, 0.05) is 30.8 Å². The smallest absolute Gasteiger partial charge is 0.246 e. The topological polar surface area (TPSA) is 82.8 Å². The Hall–Kier alpha value is -2.83. The van der Waals surface area contributed by atoms with Gasteiger partial charge in [-0.2, -0.15) is 0 Å². The highest BCUT2D eigenvalue weighted by molar-refractivity contribution is 5.98. The van der Waals surface area contributed by atoms with E-state index in [1.165, 1.54) is 5.56 Å². The second-order valence-electron chi connectivity index (χ2n) is 6.71. The molecular formula is C21H29N5O2. The summed E-state index contributed by atoms with van der Waals surface area (Å²) in [5.74, 6) is 1.54. The molecule has 150 valence electrons. The Morgan fingerprint density at radius 2 is 2.04 bits per heavy atom. The highest BCUT2D eigenvalue weighted by Crippen LogP contribution is 2.27. The first kappa shape index (κ1) is 19.9. The number of nitrogens with zero attached hydrogens (tertiary/aromatic N) is 3. The molecule has 0 bridgehead atoms. The molecule has 3 rings (SSSR count). The van der Waals surface area contributed by atoms with Crippen LogP contribution in [-0.2, 0) is 30.6 Å². The van der Waals surface area contributed by atoms with Crippen LogP contribution in [0.1, 0.15) is 43.4 Å². The fraction of sp³-hybridized carbons (Fsp3) is 0.476. The Kier molecular flexibility index (Phi) is 6.68. The number of guanidine groups is 1. The van der Waals surface area contributed by atoms with Crippen LogP contribution in [0.15, 0.2) is 33.8 Å². The van der Waals surface area contributed by atoms with Crippen LogP contribution in [0.25, 0.3) is 0 Å². The first-order valence-corrected chi connectivity index (χ1v) is 10.0. The number of fused-ring (bicyclic) bond motifs is 1. The maximum absolute atomic E-state index is 12.7. The lowest BCUT2D eigenvalue weighted by Gasteiger charge is -2.18. The van der Waals surface area contributed by atoms with E-state index in [9.17, 15) is 4.79 Å². The number of aryl methyl sites for hydroxylation is 2. The average Bonchev–Trinajstić information content (AvgIpc) is 3.33. The third kappa shape index (κ3) is 4.35. The van der Waals surface area contributed by atoms with Gasteiger partial charge in [-0.3, -0.25) is 4.79 Å². The molecule has 0 unspecified atom stereocenters. The molecule has 0 radical (unpaired) electrons. The predicted molar refractivity (Wildman–Crippen MR) is 111 cm³/mol. The molecule has 0 spiro atoms. The number of carbonyl (C=O) groups excluding carboxylic acids is 1. The van der Waals surface area contributed by atoms with E-state index in [0.717, 1.165) is 55.1 Å². The maximum atomic E-state index is 12.7. The highest BCUT2D eigenvalue weighted by Gasteiger charge is 2.24. The fourth-order valence-electron chi connectivity index (χ4n) is 3.47. The number of amides is 1. The minimum Gasteiger partial charge on any atom is -0.361 e. The van der Waals surface area contributed by atoms with Crippen LogP contribution in [0.4, 0.5) is 5.69 Å². The summed E-state index contributed by atoms with van der Waals surface area (Å²) in [7, 11) is 0. The maximum Gasteiger partial charge on any atom is 0.246 e. The molecule has 28 heavy (non-hydrogen) atoms. The van der Waals surface area contributed by atoms with Crippen molar-refractivity contribution in [1.29, 1.82) is 0 Å². The number of nitrogens with one attached hydrogen (secondary N) is 2. The van der Waals surface area contributed by atoms with Crippen molar-refractivity contribution in [1.82, 2.24) is 15.8 Å². The molecule has 2 aromatic rings. The summed E-state index contributed by atoms with van der Waals surface area (Å²) in [4.78, 5) is 19.2. The van der Waals surface area contributed by atoms with Gasteiger partial charge in [0.25, 0.3) is 0 Å². The molecule has 0 saturated carbocycles. The molecule has 0 atom stereocenters. The van der Waals surface area contributed by atoms with Crippen molar-refractivity contribution < 1.29 is 9.32 Å². The molecule has 1 aromatic heterocycles. The lowest BCUT2D eigenvalue weighted by Crippen LogP contribution is -2.44. The van der Waals surface area contributed by atoms with Crippen LogP contribution in [0.2, 0.25) is 0 Å². The van der Waals surface area contributed by atoms with Crippen molar-refractivity contribution in [2.75, 3.05) is 24.5 Å². The van der Waals surface area contributed by atoms with Crippen LogP contribution >= 0.6 is 0 Å². The van der Waals surface area contributed by atoms with E-state index >= 15 is 0 Å². The number of aromatic nitrogens is 1. The Balaban J connectivity index is 1.64. The molecule has 7 nitrogen and oxygen atoms in total. The van der Waals surface area contributed by atoms with Gasteiger partial charge in [0.1, 0.15) is 5.76 Å². The fourth-order valence-corrected chi connectivity index (χ4v) is 3.47. The van der Waals surface area contributed by atoms with E-state index in [2.05, 4.69) is 33.8 Å². The third-order valence-corrected chi connectivity index (χ3v) is 4.94. The minimum atomic E-state index is 0.0454. The molecule has 1 aromatic carbocycles. The van der Waals surface area contributed by atoms with Crippen molar-refractivity contribution in [2.24, 2.45) is 4.99 Å². The summed E-state index contributed by atoms with van der Waals surface area (Å²) in [6.45, 7) is 8.23. The van der Waals surface area contributed by atoms with E-state index in [-0.39, 0.29) is 12.5 Å². The number of aliphatic imine (C=N–C) groups is 1. The lowest BCUT2D eigenvalue weighted by molar-refractivity contribution is -0.117. The molecule has 0 aliphatic carbocycles. The summed E-state index contributed by atoms with van der Waals surface area (Å²) in [5, 5.41) is 10.5. The first-order chi connectivity index (χ1) is 13.7. The SMILES string of the molecule is CCNC(=NCc1c(CC)noc1CC)NCC(=O)N1CCc2ccccc21. The van der Waals surface area contributed by atoms with E-state index in [1.54, 1.807) is 0 Å². The van der Waals surface area contributed by atoms with Crippen LogP contribution in [0.5, 0.6) is 0 Å². The van der Waals surface area contributed by atoms with Crippen LogP contribution < -0.4 is 15.5 Å². The number of benzene rings is 1. The Bertz CT molecular complexity index is 822. The van der Waals surface area contributed by atoms with E-state index in [4.69, 9.17) is 4.52 Å². The summed E-state index contributed by atoms with van der Waals surface area (Å²) < 4.78 is 5.41. The van der Waals surface area contributed by atoms with Gasteiger partial charge in [-0.15, -0.1) is 0 Å². The van der Waals surface area contributed by atoms with E-state index in [0.29, 0.717) is 12.5 Å². The Labute approximate surface area is 166 Å². The van der Waals surface area contributed by atoms with Crippen LogP contribution in [-0.4, -0.2) is 36.7 Å². The molecular weight excluding hydrogens is 354 g/mol. The van der Waals surface area contributed by atoms with Crippen molar-refractivity contribution >= 4 is 17.6 Å². The van der Waals surface area contributed by atoms with Crippen LogP contribution in [0, 0.1) is 0 Å². The number of para-hydroxylation sites is 1. The molecule has 2 N–H and O–H groups in total. The molecule has 0 fully saturated rings. The second kappa shape index (κ2) is 9.39. The zero-order chi connectivity index (χ0) is 19.9. The van der Waals surface area contributed by atoms with Gasteiger partial charge in [-0.25, -0.2) is 4.99 Å². The summed E-state index contributed by atoms with van der Waals surface area (Å²) in [6, 6.07) is 8.07. The number of hydrogen-bond donors (Lipinski definition) is 2. The summed E-state index contributed by atoms with van der Waals surface area (Å²) in [6.07, 6.45) is 2.50. The van der Waals surface area contributed by atoms with Crippen molar-refractivity contribution in [3.63, 3.8) is 0 Å². The number of hydrogen-bond acceptors (Lipinski definition) is 4. The molecule has 1 aliphatic heterocycles. The molecule has 1 amide bonds. The summed E-state index contributed by atoms with van der Waals surface area (Å²) >= 11 is 0.